The van der Waals surface area contributed by atoms with E-state index in [-0.39, 0.29) is 13.0 Å². The van der Waals surface area contributed by atoms with Crippen LogP contribution in [0.2, 0.25) is 0 Å². The fraction of sp³-hybridized carbons (Fsp3) is 0.286. The molecule has 0 aliphatic carbocycles. The van der Waals surface area contributed by atoms with E-state index < -0.39 is 5.97 Å². The molecule has 6 heteroatoms. The van der Waals surface area contributed by atoms with Gasteiger partial charge in [0.15, 0.2) is 6.54 Å². The molecule has 0 spiro atoms. The number of fused-ring (bicyclic) bond motifs is 2. The predicted molar refractivity (Wildman–Crippen MR) is 137 cm³/mol. The highest BCUT2D eigenvalue weighted by Crippen LogP contribution is 2.24. The first-order chi connectivity index (χ1) is 16.5. The molecule has 0 atom stereocenters. The first kappa shape index (κ1) is 23.5. The van der Waals surface area contributed by atoms with Crippen LogP contribution in [0.25, 0.3) is 21.8 Å². The van der Waals surface area contributed by atoms with Crippen molar-refractivity contribution in [3.63, 3.8) is 0 Å². The van der Waals surface area contributed by atoms with Gasteiger partial charge in [-0.3, -0.25) is 4.79 Å². The van der Waals surface area contributed by atoms with E-state index >= 15 is 0 Å². The minimum Gasteiger partial charge on any atom is -0.623 e. The number of nitrogens with zero attached hydrogens (tertiary/aromatic N) is 2. The molecule has 176 valence electrons. The van der Waals surface area contributed by atoms with E-state index in [4.69, 9.17) is 5.11 Å². The van der Waals surface area contributed by atoms with Gasteiger partial charge in [-0.25, -0.2) is 4.74 Å². The van der Waals surface area contributed by atoms with Gasteiger partial charge in [-0.1, -0.05) is 48.5 Å². The second-order valence-electron chi connectivity index (χ2n) is 8.68. The Bertz CT molecular complexity index is 1390. The van der Waals surface area contributed by atoms with Crippen molar-refractivity contribution in [3.8, 4) is 0 Å². The molecule has 1 aromatic heterocycles. The maximum absolute atomic E-state index is 13.2. The first-order valence-corrected chi connectivity index (χ1v) is 11.7. The zero-order chi connectivity index (χ0) is 24.1. The highest BCUT2D eigenvalue weighted by atomic mass is 16.5. The van der Waals surface area contributed by atoms with Crippen molar-refractivity contribution in [1.29, 1.82) is 0 Å². The molecule has 0 fully saturated rings. The van der Waals surface area contributed by atoms with E-state index in [1.807, 2.05) is 54.6 Å². The topological polar surface area (TPSA) is 80.3 Å². The Labute approximate surface area is 199 Å². The molecule has 0 unspecified atom stereocenters. The molecular formula is C28H31N3O3. The van der Waals surface area contributed by atoms with Crippen LogP contribution >= 0.6 is 0 Å². The van der Waals surface area contributed by atoms with Gasteiger partial charge in [0, 0.05) is 13.1 Å². The third-order valence-corrected chi connectivity index (χ3v) is 6.36. The maximum atomic E-state index is 13.2. The van der Waals surface area contributed by atoms with Crippen molar-refractivity contribution in [2.24, 2.45) is 0 Å². The number of pyridine rings is 1. The summed E-state index contributed by atoms with van der Waals surface area (Å²) in [5, 5.41) is 28.0. The Hall–Kier alpha value is -3.64. The molecule has 0 amide bonds. The van der Waals surface area contributed by atoms with Crippen LogP contribution in [-0.2, 0) is 17.9 Å². The quantitative estimate of drug-likeness (QED) is 0.170. The standard InChI is InChI=1S/C28H31N3O3/c1-20-13-14-24-27(21(20)2)30(17-8-16-29-19-22-9-4-3-5-10-22)25-12-7-6-11-23(25)28(24)31(34)18-15-26(32)33/h3-7,9-14,29H,8,15-19H2,1-2H3,(H,32,33)/b31-28+. The summed E-state index contributed by atoms with van der Waals surface area (Å²) in [4.78, 5) is 11.1. The van der Waals surface area contributed by atoms with Gasteiger partial charge in [0.25, 0.3) is 0 Å². The van der Waals surface area contributed by atoms with E-state index in [1.54, 1.807) is 0 Å². The third-order valence-electron chi connectivity index (χ3n) is 6.36. The third kappa shape index (κ3) is 4.97. The number of hydrogen-bond donors (Lipinski definition) is 2. The number of aromatic nitrogens is 1. The lowest BCUT2D eigenvalue weighted by Gasteiger charge is -2.19. The van der Waals surface area contributed by atoms with Crippen LogP contribution in [0.5, 0.6) is 0 Å². The van der Waals surface area contributed by atoms with Gasteiger partial charge in [-0.15, -0.1) is 0 Å². The van der Waals surface area contributed by atoms with Crippen LogP contribution in [0.4, 0.5) is 0 Å². The zero-order valence-electron chi connectivity index (χ0n) is 19.8. The number of benzene rings is 3. The number of aryl methyl sites for hydroxylation is 3. The molecule has 4 aromatic rings. The van der Waals surface area contributed by atoms with Crippen LogP contribution in [0.3, 0.4) is 0 Å². The summed E-state index contributed by atoms with van der Waals surface area (Å²) in [7, 11) is 0. The van der Waals surface area contributed by atoms with E-state index in [1.165, 1.54) is 5.56 Å². The van der Waals surface area contributed by atoms with Crippen LogP contribution < -0.4 is 15.4 Å². The van der Waals surface area contributed by atoms with Gasteiger partial charge in [0.1, 0.15) is 6.42 Å². The maximum Gasteiger partial charge on any atom is 0.309 e. The minimum atomic E-state index is -0.976. The number of hydrogen-bond acceptors (Lipinski definition) is 3. The lowest BCUT2D eigenvalue weighted by molar-refractivity contribution is -0.136. The fourth-order valence-electron chi connectivity index (χ4n) is 4.52. The predicted octanol–water partition coefficient (Wildman–Crippen LogP) is 4.34. The Morgan fingerprint density at radius 2 is 1.74 bits per heavy atom. The molecule has 0 aliphatic rings. The molecular weight excluding hydrogens is 426 g/mol. The average molecular weight is 458 g/mol. The highest BCUT2D eigenvalue weighted by molar-refractivity contribution is 5.95. The Balaban J connectivity index is 1.75. The number of carboxylic acids is 1. The van der Waals surface area contributed by atoms with Crippen molar-refractivity contribution in [2.45, 2.75) is 39.8 Å². The summed E-state index contributed by atoms with van der Waals surface area (Å²) >= 11 is 0. The molecule has 0 saturated heterocycles. The molecule has 0 aliphatic heterocycles. The normalized spacial score (nSPS) is 12.3. The highest BCUT2D eigenvalue weighted by Gasteiger charge is 2.17. The summed E-state index contributed by atoms with van der Waals surface area (Å²) in [5.74, 6) is -0.976. The molecule has 2 N–H and O–H groups in total. The first-order valence-electron chi connectivity index (χ1n) is 11.7. The summed E-state index contributed by atoms with van der Waals surface area (Å²) < 4.78 is 3.16. The number of aliphatic carboxylic acids is 1. The summed E-state index contributed by atoms with van der Waals surface area (Å²) in [5.41, 5.74) is 5.57. The largest absolute Gasteiger partial charge is 0.623 e. The number of para-hydroxylation sites is 1. The Morgan fingerprint density at radius 3 is 2.50 bits per heavy atom. The van der Waals surface area contributed by atoms with Crippen molar-refractivity contribution >= 4 is 27.8 Å². The van der Waals surface area contributed by atoms with Gasteiger partial charge in [-0.05, 0) is 61.7 Å². The van der Waals surface area contributed by atoms with Crippen LogP contribution in [0.15, 0.2) is 66.7 Å². The van der Waals surface area contributed by atoms with E-state index in [0.29, 0.717) is 5.36 Å². The second kappa shape index (κ2) is 10.5. The van der Waals surface area contributed by atoms with Crippen molar-refractivity contribution < 1.29 is 9.90 Å². The van der Waals surface area contributed by atoms with Crippen molar-refractivity contribution in [3.05, 3.63) is 94.0 Å². The lowest BCUT2D eigenvalue weighted by atomic mass is 10.0. The van der Waals surface area contributed by atoms with Crippen LogP contribution in [0, 0.1) is 19.1 Å². The zero-order valence-corrected chi connectivity index (χ0v) is 19.8. The molecule has 3 aromatic carbocycles. The number of hydroxylamine groups is 1. The average Bonchev–Trinajstić information content (AvgIpc) is 2.84. The lowest BCUT2D eigenvalue weighted by Crippen LogP contribution is -2.29. The van der Waals surface area contributed by atoms with Gasteiger partial charge in [0.2, 0.25) is 5.36 Å². The monoisotopic (exact) mass is 457 g/mol. The van der Waals surface area contributed by atoms with Crippen LogP contribution in [-0.4, -0.2) is 28.7 Å². The molecule has 0 bridgehead atoms. The molecule has 0 radical (unpaired) electrons. The molecule has 4 rings (SSSR count). The Kier molecular flexibility index (Phi) is 7.28. The molecule has 1 heterocycles. The number of carboxylic acid groups (broad SMARTS) is 1. The van der Waals surface area contributed by atoms with Gasteiger partial charge in [0.05, 0.1) is 21.8 Å². The molecule has 0 saturated carbocycles. The Morgan fingerprint density at radius 1 is 1.00 bits per heavy atom. The van der Waals surface area contributed by atoms with Crippen molar-refractivity contribution in [1.82, 2.24) is 14.6 Å². The summed E-state index contributed by atoms with van der Waals surface area (Å²) in [6.07, 6.45) is 0.732. The van der Waals surface area contributed by atoms with E-state index in [0.717, 1.165) is 63.7 Å². The van der Waals surface area contributed by atoms with Gasteiger partial charge < -0.3 is 20.2 Å². The SMILES string of the molecule is Cc1ccc2/c(=[N+](/[O-])CCC(=O)O)c3ccccc3n(CCCNCc3ccccc3)c2c1C. The molecule has 6 nitrogen and oxygen atoms in total. The fourth-order valence-corrected chi connectivity index (χ4v) is 4.52. The van der Waals surface area contributed by atoms with Gasteiger partial charge in [-0.2, -0.15) is 0 Å². The molecule has 34 heavy (non-hydrogen) atoms. The second-order valence-corrected chi connectivity index (χ2v) is 8.68. The number of carbonyl (C=O) groups is 1. The van der Waals surface area contributed by atoms with Crippen molar-refractivity contribution in [2.75, 3.05) is 13.1 Å². The summed E-state index contributed by atoms with van der Waals surface area (Å²) in [6.45, 7) is 6.59. The minimum absolute atomic E-state index is 0.0885. The number of rotatable bonds is 9. The van der Waals surface area contributed by atoms with E-state index in [2.05, 4.69) is 35.9 Å². The van der Waals surface area contributed by atoms with E-state index in [9.17, 15) is 10.0 Å². The number of nitrogens with one attached hydrogen (secondary N) is 1. The van der Waals surface area contributed by atoms with Gasteiger partial charge >= 0.3 is 5.97 Å². The summed E-state index contributed by atoms with van der Waals surface area (Å²) in [6, 6.07) is 22.3. The smallest absolute Gasteiger partial charge is 0.309 e. The van der Waals surface area contributed by atoms with Crippen LogP contribution in [0.1, 0.15) is 29.5 Å².